The first-order valence-electron chi connectivity index (χ1n) is 10.1. The SMILES string of the molecule is CN1C[C@H]2CN(C(=O)c3cc(-c4ccccc4O)n[nH]3)C[C@H]2[C@@H]1c1cccc(F)c1. The molecule has 2 fully saturated rings. The standard InChI is InChI=1S/C23H23FN4O2/c1-27-11-15-12-28(13-18(15)22(27)14-5-4-6-16(24)9-14)23(30)20-10-19(25-26-20)17-7-2-3-8-21(17)29/h2-10,15,18,22,29H,11-13H2,1H3,(H,25,26)/t15-,18+,22-/m0/s1. The van der Waals surface area contributed by atoms with Crippen molar-refractivity contribution in [2.24, 2.45) is 11.8 Å². The Balaban J connectivity index is 1.35. The van der Waals surface area contributed by atoms with E-state index in [9.17, 15) is 14.3 Å². The molecule has 154 valence electrons. The topological polar surface area (TPSA) is 72.5 Å². The number of hydrogen-bond donors (Lipinski definition) is 2. The zero-order valence-corrected chi connectivity index (χ0v) is 16.6. The summed E-state index contributed by atoms with van der Waals surface area (Å²) < 4.78 is 13.8. The summed E-state index contributed by atoms with van der Waals surface area (Å²) in [6.07, 6.45) is 0. The van der Waals surface area contributed by atoms with Crippen LogP contribution in [0.3, 0.4) is 0 Å². The van der Waals surface area contributed by atoms with Gasteiger partial charge in [-0.3, -0.25) is 14.8 Å². The summed E-state index contributed by atoms with van der Waals surface area (Å²) in [6, 6.07) is 15.5. The van der Waals surface area contributed by atoms with Crippen molar-refractivity contribution >= 4 is 5.91 Å². The number of likely N-dealkylation sites (tertiary alicyclic amines) is 2. The van der Waals surface area contributed by atoms with Gasteiger partial charge in [-0.2, -0.15) is 5.10 Å². The van der Waals surface area contributed by atoms with Gasteiger partial charge in [0.25, 0.3) is 5.91 Å². The Morgan fingerprint density at radius 2 is 1.97 bits per heavy atom. The highest BCUT2D eigenvalue weighted by molar-refractivity contribution is 5.93. The minimum absolute atomic E-state index is 0.0979. The highest BCUT2D eigenvalue weighted by atomic mass is 19.1. The van der Waals surface area contributed by atoms with Gasteiger partial charge in [-0.05, 0) is 48.9 Å². The van der Waals surface area contributed by atoms with E-state index in [1.165, 1.54) is 6.07 Å². The molecule has 1 amide bonds. The second-order valence-electron chi connectivity index (χ2n) is 8.26. The minimum atomic E-state index is -0.232. The first-order chi connectivity index (χ1) is 14.5. The van der Waals surface area contributed by atoms with Gasteiger partial charge in [-0.15, -0.1) is 0 Å². The Hall–Kier alpha value is -3.19. The van der Waals surface area contributed by atoms with Crippen LogP contribution in [0.1, 0.15) is 22.1 Å². The van der Waals surface area contributed by atoms with Crippen LogP contribution in [-0.2, 0) is 0 Å². The third-order valence-corrected chi connectivity index (χ3v) is 6.36. The molecule has 2 saturated heterocycles. The molecule has 2 aliphatic heterocycles. The first-order valence-corrected chi connectivity index (χ1v) is 10.1. The number of aromatic amines is 1. The number of rotatable bonds is 3. The van der Waals surface area contributed by atoms with Gasteiger partial charge in [0.1, 0.15) is 17.3 Å². The largest absolute Gasteiger partial charge is 0.507 e. The van der Waals surface area contributed by atoms with Gasteiger partial charge < -0.3 is 10.0 Å². The van der Waals surface area contributed by atoms with Crippen molar-refractivity contribution in [3.63, 3.8) is 0 Å². The normalized spacial score (nSPS) is 23.7. The molecule has 3 heterocycles. The van der Waals surface area contributed by atoms with Crippen LogP contribution in [0.25, 0.3) is 11.3 Å². The third-order valence-electron chi connectivity index (χ3n) is 6.36. The van der Waals surface area contributed by atoms with Crippen molar-refractivity contribution in [2.75, 3.05) is 26.7 Å². The van der Waals surface area contributed by atoms with Gasteiger partial charge in [0.15, 0.2) is 0 Å². The van der Waals surface area contributed by atoms with Gasteiger partial charge in [0.05, 0.1) is 5.69 Å². The van der Waals surface area contributed by atoms with Crippen LogP contribution >= 0.6 is 0 Å². The number of benzene rings is 2. The maximum Gasteiger partial charge on any atom is 0.271 e. The highest BCUT2D eigenvalue weighted by Crippen LogP contribution is 2.44. The van der Waals surface area contributed by atoms with Crippen molar-refractivity contribution < 1.29 is 14.3 Å². The molecule has 0 bridgehead atoms. The van der Waals surface area contributed by atoms with E-state index in [2.05, 4.69) is 22.1 Å². The molecule has 3 aromatic rings. The Morgan fingerprint density at radius 1 is 1.13 bits per heavy atom. The molecule has 1 aromatic heterocycles. The average Bonchev–Trinajstić information content (AvgIpc) is 3.42. The molecule has 3 atom stereocenters. The van der Waals surface area contributed by atoms with E-state index in [1.54, 1.807) is 36.4 Å². The van der Waals surface area contributed by atoms with Crippen LogP contribution in [0.5, 0.6) is 5.75 Å². The van der Waals surface area contributed by atoms with Crippen molar-refractivity contribution in [1.29, 1.82) is 0 Å². The number of halogens is 1. The lowest BCUT2D eigenvalue weighted by Crippen LogP contribution is -2.33. The molecular weight excluding hydrogens is 383 g/mol. The molecule has 30 heavy (non-hydrogen) atoms. The Bertz CT molecular complexity index is 1100. The summed E-state index contributed by atoms with van der Waals surface area (Å²) in [4.78, 5) is 17.2. The quantitative estimate of drug-likeness (QED) is 0.700. The van der Waals surface area contributed by atoms with Crippen LogP contribution in [-0.4, -0.2) is 57.7 Å². The number of carbonyl (C=O) groups is 1. The molecule has 5 rings (SSSR count). The molecule has 0 unspecified atom stereocenters. The number of amides is 1. The second-order valence-corrected chi connectivity index (χ2v) is 8.26. The number of fused-ring (bicyclic) bond motifs is 1. The van der Waals surface area contributed by atoms with Gasteiger partial charge in [0.2, 0.25) is 0 Å². The highest BCUT2D eigenvalue weighted by Gasteiger charge is 2.47. The van der Waals surface area contributed by atoms with Crippen LogP contribution in [0.2, 0.25) is 0 Å². The van der Waals surface area contributed by atoms with E-state index < -0.39 is 0 Å². The predicted octanol–water partition coefficient (Wildman–Crippen LogP) is 3.30. The zero-order valence-electron chi connectivity index (χ0n) is 16.6. The molecule has 0 saturated carbocycles. The van der Waals surface area contributed by atoms with Crippen molar-refractivity contribution in [3.8, 4) is 17.0 Å². The summed E-state index contributed by atoms with van der Waals surface area (Å²) in [5.74, 6) is 0.414. The van der Waals surface area contributed by atoms with Gasteiger partial charge in [-0.1, -0.05) is 24.3 Å². The summed E-state index contributed by atoms with van der Waals surface area (Å²) in [5, 5.41) is 17.1. The van der Waals surface area contributed by atoms with Crippen molar-refractivity contribution in [3.05, 3.63) is 71.7 Å². The van der Waals surface area contributed by atoms with E-state index >= 15 is 0 Å². The average molecular weight is 406 g/mol. The maximum absolute atomic E-state index is 13.8. The summed E-state index contributed by atoms with van der Waals surface area (Å²) in [5.41, 5.74) is 2.48. The Morgan fingerprint density at radius 3 is 2.77 bits per heavy atom. The van der Waals surface area contributed by atoms with Crippen LogP contribution in [0.15, 0.2) is 54.6 Å². The van der Waals surface area contributed by atoms with Crippen LogP contribution in [0, 0.1) is 17.7 Å². The van der Waals surface area contributed by atoms with Crippen molar-refractivity contribution in [2.45, 2.75) is 6.04 Å². The molecular formula is C23H23FN4O2. The van der Waals surface area contributed by atoms with Crippen molar-refractivity contribution in [1.82, 2.24) is 20.0 Å². The van der Waals surface area contributed by atoms with E-state index in [0.29, 0.717) is 36.0 Å². The fourth-order valence-corrected chi connectivity index (χ4v) is 5.05. The monoisotopic (exact) mass is 406 g/mol. The van der Waals surface area contributed by atoms with E-state index in [1.807, 2.05) is 17.0 Å². The number of aromatic hydroxyl groups is 1. The maximum atomic E-state index is 13.8. The fraction of sp³-hybridized carbons (Fsp3) is 0.304. The fourth-order valence-electron chi connectivity index (χ4n) is 5.05. The zero-order chi connectivity index (χ0) is 20.8. The number of aromatic nitrogens is 2. The number of carbonyl (C=O) groups excluding carboxylic acids is 1. The lowest BCUT2D eigenvalue weighted by Gasteiger charge is -2.26. The number of phenolic OH excluding ortho intramolecular Hbond substituents is 1. The Labute approximate surface area is 173 Å². The number of hydrogen-bond acceptors (Lipinski definition) is 4. The molecule has 2 N–H and O–H groups in total. The molecule has 2 aromatic carbocycles. The molecule has 7 heteroatoms. The Kier molecular flexibility index (Phi) is 4.55. The molecule has 0 spiro atoms. The molecule has 6 nitrogen and oxygen atoms in total. The lowest BCUT2D eigenvalue weighted by atomic mass is 9.89. The number of phenols is 1. The molecule has 0 radical (unpaired) electrons. The predicted molar refractivity (Wildman–Crippen MR) is 110 cm³/mol. The van der Waals surface area contributed by atoms with Crippen LogP contribution < -0.4 is 0 Å². The number of H-pyrrole nitrogens is 1. The third kappa shape index (κ3) is 3.15. The van der Waals surface area contributed by atoms with E-state index in [4.69, 9.17) is 0 Å². The summed E-state index contributed by atoms with van der Waals surface area (Å²) in [6.45, 7) is 2.17. The van der Waals surface area contributed by atoms with E-state index in [-0.39, 0.29) is 29.4 Å². The number of nitrogens with zero attached hydrogens (tertiary/aromatic N) is 3. The van der Waals surface area contributed by atoms with Crippen LogP contribution in [0.4, 0.5) is 4.39 Å². The smallest absolute Gasteiger partial charge is 0.271 e. The van der Waals surface area contributed by atoms with E-state index in [0.717, 1.165) is 12.1 Å². The van der Waals surface area contributed by atoms with Gasteiger partial charge in [0, 0.05) is 37.2 Å². The molecule has 2 aliphatic rings. The van der Waals surface area contributed by atoms with Gasteiger partial charge in [-0.25, -0.2) is 4.39 Å². The number of nitrogens with one attached hydrogen (secondary N) is 1. The minimum Gasteiger partial charge on any atom is -0.507 e. The second kappa shape index (κ2) is 7.25. The summed E-state index contributed by atoms with van der Waals surface area (Å²) >= 11 is 0. The molecule has 0 aliphatic carbocycles. The first kappa shape index (κ1) is 18.8. The summed E-state index contributed by atoms with van der Waals surface area (Å²) in [7, 11) is 2.06. The lowest BCUT2D eigenvalue weighted by molar-refractivity contribution is 0.0762. The van der Waals surface area contributed by atoms with Gasteiger partial charge >= 0.3 is 0 Å². The number of para-hydroxylation sites is 1.